The van der Waals surface area contributed by atoms with Crippen LogP contribution in [0, 0.1) is 6.92 Å². The molecule has 1 aliphatic heterocycles. The molecule has 0 amide bonds. The number of hydrogen-bond acceptors (Lipinski definition) is 4. The van der Waals surface area contributed by atoms with Gasteiger partial charge in [-0.3, -0.25) is 4.90 Å². The fourth-order valence-electron chi connectivity index (χ4n) is 3.06. The van der Waals surface area contributed by atoms with E-state index >= 15 is 0 Å². The Morgan fingerprint density at radius 1 is 1.17 bits per heavy atom. The van der Waals surface area contributed by atoms with Crippen molar-refractivity contribution in [2.24, 2.45) is 0 Å². The Morgan fingerprint density at radius 3 is 2.74 bits per heavy atom. The molecular formula is C19H25N3O. The Balaban J connectivity index is 1.68. The van der Waals surface area contributed by atoms with Crippen LogP contribution >= 0.6 is 0 Å². The number of aryl methyl sites for hydroxylation is 1. The molecule has 1 fully saturated rings. The van der Waals surface area contributed by atoms with Crippen molar-refractivity contribution in [1.29, 1.82) is 0 Å². The maximum absolute atomic E-state index is 5.82. The van der Waals surface area contributed by atoms with Crippen LogP contribution in [0.1, 0.15) is 30.8 Å². The van der Waals surface area contributed by atoms with Crippen molar-refractivity contribution < 1.29 is 4.74 Å². The van der Waals surface area contributed by atoms with Crippen molar-refractivity contribution in [1.82, 2.24) is 14.9 Å². The van der Waals surface area contributed by atoms with E-state index in [0.29, 0.717) is 6.10 Å². The van der Waals surface area contributed by atoms with Gasteiger partial charge in [-0.15, -0.1) is 0 Å². The number of aromatic nitrogens is 2. The molecule has 4 heteroatoms. The van der Waals surface area contributed by atoms with E-state index in [2.05, 4.69) is 29.1 Å². The van der Waals surface area contributed by atoms with Crippen LogP contribution in [-0.4, -0.2) is 41.2 Å². The third kappa shape index (κ3) is 4.60. The van der Waals surface area contributed by atoms with Gasteiger partial charge in [0.15, 0.2) is 0 Å². The third-order valence-corrected chi connectivity index (χ3v) is 4.17. The number of nitrogens with zero attached hydrogens (tertiary/aromatic N) is 3. The molecule has 0 radical (unpaired) electrons. The summed E-state index contributed by atoms with van der Waals surface area (Å²) in [6.07, 6.45) is 3.99. The SMILES string of the molecule is Cc1cc(-c2ccccc2)nc(CN(C)C[C@@H]2CCCCO2)n1. The normalized spacial score (nSPS) is 18.3. The Morgan fingerprint density at radius 2 is 2.00 bits per heavy atom. The number of likely N-dealkylation sites (N-methyl/N-ethyl adjacent to an activating group) is 1. The van der Waals surface area contributed by atoms with Gasteiger partial charge in [-0.2, -0.15) is 0 Å². The average molecular weight is 311 g/mol. The molecule has 0 N–H and O–H groups in total. The van der Waals surface area contributed by atoms with E-state index in [1.165, 1.54) is 12.8 Å². The molecule has 23 heavy (non-hydrogen) atoms. The summed E-state index contributed by atoms with van der Waals surface area (Å²) in [5.74, 6) is 0.877. The first kappa shape index (κ1) is 16.1. The minimum absolute atomic E-state index is 0.354. The lowest BCUT2D eigenvalue weighted by molar-refractivity contribution is -0.00291. The molecule has 2 aromatic rings. The summed E-state index contributed by atoms with van der Waals surface area (Å²) in [5.41, 5.74) is 3.14. The Kier molecular flexibility index (Phi) is 5.36. The summed E-state index contributed by atoms with van der Waals surface area (Å²) in [7, 11) is 2.12. The molecule has 1 atom stereocenters. The Bertz CT molecular complexity index is 624. The summed E-state index contributed by atoms with van der Waals surface area (Å²) in [6, 6.07) is 12.3. The largest absolute Gasteiger partial charge is 0.377 e. The zero-order valence-electron chi connectivity index (χ0n) is 14.0. The van der Waals surface area contributed by atoms with E-state index in [0.717, 1.165) is 48.9 Å². The standard InChI is InChI=1S/C19H25N3O/c1-15-12-18(16-8-4-3-5-9-16)21-19(20-15)14-22(2)13-17-10-6-7-11-23-17/h3-5,8-9,12,17H,6-7,10-11,13-14H2,1-2H3/t17-/m0/s1. The topological polar surface area (TPSA) is 38.2 Å². The summed E-state index contributed by atoms with van der Waals surface area (Å²) in [6.45, 7) is 4.62. The van der Waals surface area contributed by atoms with Crippen molar-refractivity contribution in [3.63, 3.8) is 0 Å². The summed E-state index contributed by atoms with van der Waals surface area (Å²) >= 11 is 0. The highest BCUT2D eigenvalue weighted by Crippen LogP contribution is 2.18. The fourth-order valence-corrected chi connectivity index (χ4v) is 3.06. The third-order valence-electron chi connectivity index (χ3n) is 4.17. The number of hydrogen-bond donors (Lipinski definition) is 0. The minimum Gasteiger partial charge on any atom is -0.377 e. The average Bonchev–Trinajstić information content (AvgIpc) is 2.56. The molecule has 0 saturated carbocycles. The molecule has 3 rings (SSSR count). The van der Waals surface area contributed by atoms with Crippen molar-refractivity contribution >= 4 is 0 Å². The van der Waals surface area contributed by atoms with Gasteiger partial charge in [0.2, 0.25) is 0 Å². The van der Waals surface area contributed by atoms with Crippen molar-refractivity contribution in [3.05, 3.63) is 47.9 Å². The molecule has 2 heterocycles. The highest BCUT2D eigenvalue weighted by atomic mass is 16.5. The van der Waals surface area contributed by atoms with E-state index in [1.807, 2.05) is 31.2 Å². The second-order valence-electron chi connectivity index (χ2n) is 6.36. The van der Waals surface area contributed by atoms with Gasteiger partial charge in [-0.1, -0.05) is 30.3 Å². The number of ether oxygens (including phenoxy) is 1. The van der Waals surface area contributed by atoms with E-state index in [9.17, 15) is 0 Å². The van der Waals surface area contributed by atoms with E-state index < -0.39 is 0 Å². The zero-order chi connectivity index (χ0) is 16.1. The lowest BCUT2D eigenvalue weighted by Gasteiger charge is -2.27. The van der Waals surface area contributed by atoms with Crippen LogP contribution in [0.2, 0.25) is 0 Å². The van der Waals surface area contributed by atoms with E-state index in [-0.39, 0.29) is 0 Å². The highest BCUT2D eigenvalue weighted by molar-refractivity contribution is 5.58. The van der Waals surface area contributed by atoms with Gasteiger partial charge in [0.1, 0.15) is 5.82 Å². The molecule has 1 saturated heterocycles. The van der Waals surface area contributed by atoms with Crippen LogP contribution in [0.15, 0.2) is 36.4 Å². The zero-order valence-corrected chi connectivity index (χ0v) is 14.0. The predicted octanol–water partition coefficient (Wildman–Crippen LogP) is 3.45. The fraction of sp³-hybridized carbons (Fsp3) is 0.474. The molecule has 0 aliphatic carbocycles. The molecule has 1 aromatic carbocycles. The molecule has 1 aromatic heterocycles. The first-order chi connectivity index (χ1) is 11.2. The maximum atomic E-state index is 5.82. The van der Waals surface area contributed by atoms with Gasteiger partial charge in [0, 0.05) is 24.4 Å². The highest BCUT2D eigenvalue weighted by Gasteiger charge is 2.16. The van der Waals surface area contributed by atoms with Crippen LogP contribution < -0.4 is 0 Å². The molecule has 0 bridgehead atoms. The quantitative estimate of drug-likeness (QED) is 0.847. The first-order valence-electron chi connectivity index (χ1n) is 8.41. The van der Waals surface area contributed by atoms with Gasteiger partial charge in [-0.05, 0) is 39.3 Å². The summed E-state index contributed by atoms with van der Waals surface area (Å²) in [5, 5.41) is 0. The van der Waals surface area contributed by atoms with Gasteiger partial charge in [-0.25, -0.2) is 9.97 Å². The second-order valence-corrected chi connectivity index (χ2v) is 6.36. The Labute approximate surface area is 138 Å². The maximum Gasteiger partial charge on any atom is 0.143 e. The van der Waals surface area contributed by atoms with Crippen molar-refractivity contribution in [2.45, 2.75) is 38.8 Å². The van der Waals surface area contributed by atoms with Crippen LogP contribution in [0.25, 0.3) is 11.3 Å². The first-order valence-corrected chi connectivity index (χ1v) is 8.41. The molecule has 0 spiro atoms. The van der Waals surface area contributed by atoms with Gasteiger partial charge >= 0.3 is 0 Å². The van der Waals surface area contributed by atoms with E-state index in [1.54, 1.807) is 0 Å². The molecule has 0 unspecified atom stereocenters. The molecule has 4 nitrogen and oxygen atoms in total. The van der Waals surface area contributed by atoms with Crippen LogP contribution in [-0.2, 0) is 11.3 Å². The van der Waals surface area contributed by atoms with E-state index in [4.69, 9.17) is 9.72 Å². The lowest BCUT2D eigenvalue weighted by Crippen LogP contribution is -2.33. The smallest absolute Gasteiger partial charge is 0.143 e. The van der Waals surface area contributed by atoms with Crippen LogP contribution in [0.5, 0.6) is 0 Å². The van der Waals surface area contributed by atoms with Crippen LogP contribution in [0.3, 0.4) is 0 Å². The van der Waals surface area contributed by atoms with Crippen molar-refractivity contribution in [3.8, 4) is 11.3 Å². The summed E-state index contributed by atoms with van der Waals surface area (Å²) in [4.78, 5) is 11.6. The second kappa shape index (κ2) is 7.66. The molecule has 1 aliphatic rings. The van der Waals surface area contributed by atoms with Crippen LogP contribution in [0.4, 0.5) is 0 Å². The molecular weight excluding hydrogens is 286 g/mol. The van der Waals surface area contributed by atoms with Gasteiger partial charge in [0.05, 0.1) is 18.3 Å². The Hall–Kier alpha value is -1.78. The molecule has 122 valence electrons. The number of benzene rings is 1. The lowest BCUT2D eigenvalue weighted by atomic mass is 10.1. The van der Waals surface area contributed by atoms with Gasteiger partial charge < -0.3 is 4.74 Å². The van der Waals surface area contributed by atoms with Gasteiger partial charge in [0.25, 0.3) is 0 Å². The number of rotatable bonds is 5. The monoisotopic (exact) mass is 311 g/mol. The predicted molar refractivity (Wildman–Crippen MR) is 92.1 cm³/mol. The van der Waals surface area contributed by atoms with Crippen molar-refractivity contribution in [2.75, 3.05) is 20.2 Å². The minimum atomic E-state index is 0.354. The summed E-state index contributed by atoms with van der Waals surface area (Å²) < 4.78 is 5.82.